The zero-order valence-corrected chi connectivity index (χ0v) is 11.9. The molecule has 4 heteroatoms. The Morgan fingerprint density at radius 1 is 1.26 bits per heavy atom. The standard InChI is InChI=1S/C15H12ClFOS/c1-10(18)13-8-12(17)6-7-15(13)19-9-11-4-2-3-5-14(11)16/h2-8H,9H2,1H3. The molecule has 19 heavy (non-hydrogen) atoms. The Morgan fingerprint density at radius 3 is 2.68 bits per heavy atom. The number of thioether (sulfide) groups is 1. The molecule has 0 radical (unpaired) electrons. The molecule has 0 heterocycles. The van der Waals surface area contributed by atoms with Crippen LogP contribution in [0.5, 0.6) is 0 Å². The van der Waals surface area contributed by atoms with E-state index in [0.717, 1.165) is 10.5 Å². The minimum Gasteiger partial charge on any atom is -0.294 e. The van der Waals surface area contributed by atoms with Crippen LogP contribution in [0.2, 0.25) is 5.02 Å². The van der Waals surface area contributed by atoms with Crippen molar-refractivity contribution in [3.8, 4) is 0 Å². The van der Waals surface area contributed by atoms with Gasteiger partial charge in [-0.2, -0.15) is 0 Å². The summed E-state index contributed by atoms with van der Waals surface area (Å²) in [6, 6.07) is 11.8. The average molecular weight is 295 g/mol. The normalized spacial score (nSPS) is 10.5. The van der Waals surface area contributed by atoms with E-state index in [2.05, 4.69) is 0 Å². The van der Waals surface area contributed by atoms with Crippen molar-refractivity contribution in [3.63, 3.8) is 0 Å². The van der Waals surface area contributed by atoms with Gasteiger partial charge in [0.15, 0.2) is 5.78 Å². The van der Waals surface area contributed by atoms with E-state index < -0.39 is 5.82 Å². The first-order valence-corrected chi connectivity index (χ1v) is 7.11. The molecular weight excluding hydrogens is 283 g/mol. The molecule has 0 saturated carbocycles. The van der Waals surface area contributed by atoms with Gasteiger partial charge < -0.3 is 0 Å². The molecule has 0 atom stereocenters. The Morgan fingerprint density at radius 2 is 2.00 bits per heavy atom. The first-order chi connectivity index (χ1) is 9.08. The van der Waals surface area contributed by atoms with Crippen LogP contribution in [0.4, 0.5) is 4.39 Å². The van der Waals surface area contributed by atoms with Crippen LogP contribution in [0.15, 0.2) is 47.4 Å². The van der Waals surface area contributed by atoms with Crippen LogP contribution in [0.1, 0.15) is 22.8 Å². The number of carbonyl (C=O) groups is 1. The first kappa shape index (κ1) is 14.1. The van der Waals surface area contributed by atoms with E-state index >= 15 is 0 Å². The van der Waals surface area contributed by atoms with E-state index in [9.17, 15) is 9.18 Å². The van der Waals surface area contributed by atoms with Gasteiger partial charge in [-0.25, -0.2) is 4.39 Å². The number of hydrogen-bond donors (Lipinski definition) is 0. The largest absolute Gasteiger partial charge is 0.294 e. The lowest BCUT2D eigenvalue weighted by Crippen LogP contribution is -1.96. The summed E-state index contributed by atoms with van der Waals surface area (Å²) in [6.45, 7) is 1.44. The van der Waals surface area contributed by atoms with Crippen molar-refractivity contribution in [2.24, 2.45) is 0 Å². The summed E-state index contributed by atoms with van der Waals surface area (Å²) < 4.78 is 13.2. The fourth-order valence-electron chi connectivity index (χ4n) is 1.67. The van der Waals surface area contributed by atoms with Crippen molar-refractivity contribution in [3.05, 3.63) is 64.4 Å². The number of carbonyl (C=O) groups excluding carboxylic acids is 1. The summed E-state index contributed by atoms with van der Waals surface area (Å²) in [5.41, 5.74) is 1.41. The molecule has 0 saturated heterocycles. The number of ketones is 1. The average Bonchev–Trinajstić information content (AvgIpc) is 2.38. The van der Waals surface area contributed by atoms with Crippen molar-refractivity contribution in [1.82, 2.24) is 0 Å². The molecule has 1 nitrogen and oxygen atoms in total. The predicted octanol–water partition coefficient (Wildman–Crippen LogP) is 4.97. The Kier molecular flexibility index (Phi) is 4.61. The van der Waals surface area contributed by atoms with Crippen molar-refractivity contribution in [2.45, 2.75) is 17.6 Å². The van der Waals surface area contributed by atoms with E-state index in [-0.39, 0.29) is 5.78 Å². The molecular formula is C15H12ClFOS. The maximum atomic E-state index is 13.2. The Bertz CT molecular complexity index is 613. The third kappa shape index (κ3) is 3.58. The highest BCUT2D eigenvalue weighted by molar-refractivity contribution is 7.98. The number of benzene rings is 2. The summed E-state index contributed by atoms with van der Waals surface area (Å²) in [5.74, 6) is 0.111. The Balaban J connectivity index is 2.20. The fraction of sp³-hybridized carbons (Fsp3) is 0.133. The van der Waals surface area contributed by atoms with Gasteiger partial charge in [0.05, 0.1) is 0 Å². The number of rotatable bonds is 4. The summed E-state index contributed by atoms with van der Waals surface area (Å²) in [4.78, 5) is 12.3. The second kappa shape index (κ2) is 6.22. The van der Waals surface area contributed by atoms with Crippen LogP contribution in [0.3, 0.4) is 0 Å². The van der Waals surface area contributed by atoms with Crippen molar-refractivity contribution < 1.29 is 9.18 Å². The third-order valence-corrected chi connectivity index (χ3v) is 4.15. The molecule has 0 aliphatic rings. The summed E-state index contributed by atoms with van der Waals surface area (Å²) >= 11 is 7.56. The van der Waals surface area contributed by atoms with Crippen LogP contribution >= 0.6 is 23.4 Å². The predicted molar refractivity (Wildman–Crippen MR) is 77.4 cm³/mol. The minimum atomic E-state index is -0.396. The lowest BCUT2D eigenvalue weighted by atomic mass is 10.1. The number of hydrogen-bond acceptors (Lipinski definition) is 2. The lowest BCUT2D eigenvalue weighted by molar-refractivity contribution is 0.101. The van der Waals surface area contributed by atoms with Gasteiger partial charge in [0, 0.05) is 21.2 Å². The van der Waals surface area contributed by atoms with Crippen LogP contribution in [0.25, 0.3) is 0 Å². The van der Waals surface area contributed by atoms with E-state index in [0.29, 0.717) is 16.3 Å². The molecule has 0 bridgehead atoms. The quantitative estimate of drug-likeness (QED) is 0.585. The fourth-order valence-corrected chi connectivity index (χ4v) is 3.04. The maximum absolute atomic E-state index is 13.2. The van der Waals surface area contributed by atoms with Crippen LogP contribution in [-0.2, 0) is 5.75 Å². The molecule has 0 aliphatic carbocycles. The summed E-state index contributed by atoms with van der Waals surface area (Å²) in [7, 11) is 0. The van der Waals surface area contributed by atoms with Crippen molar-refractivity contribution in [1.29, 1.82) is 0 Å². The highest BCUT2D eigenvalue weighted by atomic mass is 35.5. The highest BCUT2D eigenvalue weighted by Gasteiger charge is 2.10. The van der Waals surface area contributed by atoms with Gasteiger partial charge in [0.2, 0.25) is 0 Å². The number of Topliss-reactive ketones (excluding diaryl/α,β-unsaturated/α-hetero) is 1. The van der Waals surface area contributed by atoms with Crippen LogP contribution < -0.4 is 0 Å². The minimum absolute atomic E-state index is 0.138. The first-order valence-electron chi connectivity index (χ1n) is 5.74. The van der Waals surface area contributed by atoms with Crippen molar-refractivity contribution in [2.75, 3.05) is 0 Å². The topological polar surface area (TPSA) is 17.1 Å². The van der Waals surface area contributed by atoms with Gasteiger partial charge in [-0.15, -0.1) is 11.8 Å². The summed E-state index contributed by atoms with van der Waals surface area (Å²) in [5, 5.41) is 0.696. The molecule has 0 spiro atoms. The van der Waals surface area contributed by atoms with Gasteiger partial charge in [-0.3, -0.25) is 4.79 Å². The third-order valence-electron chi connectivity index (χ3n) is 2.66. The molecule has 2 aromatic carbocycles. The molecule has 0 amide bonds. The van der Waals surface area contributed by atoms with Gasteiger partial charge in [0.1, 0.15) is 5.82 Å². The SMILES string of the molecule is CC(=O)c1cc(F)ccc1SCc1ccccc1Cl. The molecule has 2 rings (SSSR count). The molecule has 98 valence electrons. The van der Waals surface area contributed by atoms with Gasteiger partial charge >= 0.3 is 0 Å². The van der Waals surface area contributed by atoms with E-state index in [1.165, 1.54) is 30.8 Å². The van der Waals surface area contributed by atoms with Gasteiger partial charge in [-0.1, -0.05) is 29.8 Å². The Labute approximate surface area is 120 Å². The molecule has 0 fully saturated rings. The molecule has 0 aromatic heterocycles. The zero-order valence-electron chi connectivity index (χ0n) is 10.3. The van der Waals surface area contributed by atoms with Gasteiger partial charge in [0.25, 0.3) is 0 Å². The smallest absolute Gasteiger partial charge is 0.161 e. The summed E-state index contributed by atoms with van der Waals surface area (Å²) in [6.07, 6.45) is 0. The van der Waals surface area contributed by atoms with E-state index in [1.54, 1.807) is 6.07 Å². The molecule has 2 aromatic rings. The van der Waals surface area contributed by atoms with Gasteiger partial charge in [-0.05, 0) is 36.8 Å². The molecule has 0 N–H and O–H groups in total. The Hall–Kier alpha value is -1.32. The highest BCUT2D eigenvalue weighted by Crippen LogP contribution is 2.29. The molecule has 0 aliphatic heterocycles. The monoisotopic (exact) mass is 294 g/mol. The maximum Gasteiger partial charge on any atom is 0.161 e. The van der Waals surface area contributed by atoms with Crippen LogP contribution in [-0.4, -0.2) is 5.78 Å². The van der Waals surface area contributed by atoms with E-state index in [4.69, 9.17) is 11.6 Å². The van der Waals surface area contributed by atoms with Crippen molar-refractivity contribution >= 4 is 29.1 Å². The zero-order chi connectivity index (χ0) is 13.8. The molecule has 0 unspecified atom stereocenters. The number of halogens is 2. The van der Waals surface area contributed by atoms with E-state index in [1.807, 2.05) is 24.3 Å². The second-order valence-electron chi connectivity index (χ2n) is 4.08. The lowest BCUT2D eigenvalue weighted by Gasteiger charge is -2.08. The second-order valence-corrected chi connectivity index (χ2v) is 5.50. The van der Waals surface area contributed by atoms with Crippen LogP contribution in [0, 0.1) is 5.82 Å².